The summed E-state index contributed by atoms with van der Waals surface area (Å²) in [6.45, 7) is 2.25. The Labute approximate surface area is 111 Å². The normalized spacial score (nSPS) is 11.6. The molecule has 0 N–H and O–H groups in total. The van der Waals surface area contributed by atoms with Gasteiger partial charge in [-0.2, -0.15) is 0 Å². The summed E-state index contributed by atoms with van der Waals surface area (Å²) in [5.74, 6) is 0.571. The van der Waals surface area contributed by atoms with Crippen LogP contribution in [0.15, 0.2) is 11.2 Å². The Bertz CT molecular complexity index is 537. The summed E-state index contributed by atoms with van der Waals surface area (Å²) in [7, 11) is 4.76. The van der Waals surface area contributed by atoms with E-state index in [1.54, 1.807) is 18.7 Å². The molecule has 18 heavy (non-hydrogen) atoms. The van der Waals surface area contributed by atoms with E-state index in [1.807, 2.05) is 6.92 Å². The number of amides is 1. The average molecular weight is 294 g/mol. The Balaban J connectivity index is 2.89. The van der Waals surface area contributed by atoms with Crippen molar-refractivity contribution in [3.63, 3.8) is 0 Å². The van der Waals surface area contributed by atoms with Crippen LogP contribution in [0.25, 0.3) is 0 Å². The highest BCUT2D eigenvalue weighted by molar-refractivity contribution is 8.13. The Morgan fingerprint density at radius 1 is 1.50 bits per heavy atom. The van der Waals surface area contributed by atoms with Crippen molar-refractivity contribution in [2.45, 2.75) is 31.3 Å². The lowest BCUT2D eigenvalue weighted by molar-refractivity contribution is -0.128. The third-order valence-corrected chi connectivity index (χ3v) is 3.64. The SMILES string of the molecule is CCc1nc(S(=O)(=O)Cl)cn1CCC(=O)N(C)C. The number of halogens is 1. The summed E-state index contributed by atoms with van der Waals surface area (Å²) >= 11 is 0. The van der Waals surface area contributed by atoms with Crippen molar-refractivity contribution in [3.05, 3.63) is 12.0 Å². The zero-order valence-corrected chi connectivity index (χ0v) is 12.1. The third kappa shape index (κ3) is 3.71. The molecule has 0 aromatic carbocycles. The Kier molecular flexibility index (Phi) is 4.75. The van der Waals surface area contributed by atoms with Gasteiger partial charge >= 0.3 is 0 Å². The minimum absolute atomic E-state index is 0.0268. The van der Waals surface area contributed by atoms with Crippen molar-refractivity contribution in [1.82, 2.24) is 14.5 Å². The fourth-order valence-corrected chi connectivity index (χ4v) is 2.15. The smallest absolute Gasteiger partial charge is 0.280 e. The molecular weight excluding hydrogens is 278 g/mol. The highest BCUT2D eigenvalue weighted by Crippen LogP contribution is 2.15. The number of nitrogens with zero attached hydrogens (tertiary/aromatic N) is 3. The fraction of sp³-hybridized carbons (Fsp3) is 0.600. The van der Waals surface area contributed by atoms with E-state index in [9.17, 15) is 13.2 Å². The lowest BCUT2D eigenvalue weighted by atomic mass is 10.3. The predicted octanol–water partition coefficient (Wildman–Crippen LogP) is 0.851. The van der Waals surface area contributed by atoms with Crippen LogP contribution in [0.3, 0.4) is 0 Å². The van der Waals surface area contributed by atoms with E-state index in [4.69, 9.17) is 10.7 Å². The van der Waals surface area contributed by atoms with Crippen LogP contribution in [0.4, 0.5) is 0 Å². The van der Waals surface area contributed by atoms with Gasteiger partial charge in [0.1, 0.15) is 5.82 Å². The second kappa shape index (κ2) is 5.71. The summed E-state index contributed by atoms with van der Waals surface area (Å²) in [5.41, 5.74) is 0. The fourth-order valence-electron chi connectivity index (χ4n) is 1.46. The topological polar surface area (TPSA) is 72.3 Å². The van der Waals surface area contributed by atoms with Gasteiger partial charge in [0.05, 0.1) is 0 Å². The van der Waals surface area contributed by atoms with Gasteiger partial charge in [-0.25, -0.2) is 13.4 Å². The molecule has 0 aliphatic rings. The van der Waals surface area contributed by atoms with E-state index >= 15 is 0 Å². The molecule has 0 fully saturated rings. The quantitative estimate of drug-likeness (QED) is 0.755. The second-order valence-electron chi connectivity index (χ2n) is 4.02. The largest absolute Gasteiger partial charge is 0.349 e. The van der Waals surface area contributed by atoms with Crippen LogP contribution >= 0.6 is 10.7 Å². The lowest BCUT2D eigenvalue weighted by Crippen LogP contribution is -2.23. The van der Waals surface area contributed by atoms with Gasteiger partial charge in [0.25, 0.3) is 9.05 Å². The number of rotatable bonds is 5. The van der Waals surface area contributed by atoms with Gasteiger partial charge < -0.3 is 9.47 Å². The summed E-state index contributed by atoms with van der Waals surface area (Å²) in [5, 5.41) is -0.168. The average Bonchev–Trinajstić information content (AvgIpc) is 2.68. The van der Waals surface area contributed by atoms with Crippen LogP contribution in [0, 0.1) is 0 Å². The molecule has 1 amide bonds. The maximum atomic E-state index is 11.5. The molecule has 6 nitrogen and oxygen atoms in total. The first-order valence-electron chi connectivity index (χ1n) is 5.46. The zero-order valence-electron chi connectivity index (χ0n) is 10.6. The first kappa shape index (κ1) is 15.0. The molecular formula is C10H16ClN3O3S. The second-order valence-corrected chi connectivity index (χ2v) is 6.53. The van der Waals surface area contributed by atoms with Crippen LogP contribution in [-0.2, 0) is 26.8 Å². The van der Waals surface area contributed by atoms with E-state index in [1.165, 1.54) is 11.1 Å². The predicted molar refractivity (Wildman–Crippen MR) is 68.0 cm³/mol. The highest BCUT2D eigenvalue weighted by atomic mass is 35.7. The Morgan fingerprint density at radius 2 is 2.11 bits per heavy atom. The minimum atomic E-state index is -3.82. The van der Waals surface area contributed by atoms with Gasteiger partial charge in [-0.15, -0.1) is 0 Å². The number of hydrogen-bond acceptors (Lipinski definition) is 4. The van der Waals surface area contributed by atoms with Crippen LogP contribution in [0.5, 0.6) is 0 Å². The summed E-state index contributed by atoms with van der Waals surface area (Å²) in [6.07, 6.45) is 2.23. The zero-order chi connectivity index (χ0) is 13.9. The van der Waals surface area contributed by atoms with Gasteiger partial charge in [-0.05, 0) is 0 Å². The highest BCUT2D eigenvalue weighted by Gasteiger charge is 2.17. The van der Waals surface area contributed by atoms with Gasteiger partial charge in [0.2, 0.25) is 5.91 Å². The maximum Gasteiger partial charge on any atom is 0.280 e. The molecule has 102 valence electrons. The molecule has 1 heterocycles. The van der Waals surface area contributed by atoms with Crippen molar-refractivity contribution in [2.24, 2.45) is 0 Å². The molecule has 0 atom stereocenters. The van der Waals surface area contributed by atoms with E-state index in [2.05, 4.69) is 4.98 Å². The molecule has 8 heteroatoms. The van der Waals surface area contributed by atoms with Crippen LogP contribution in [-0.4, -0.2) is 42.9 Å². The van der Waals surface area contributed by atoms with E-state index < -0.39 is 9.05 Å². The molecule has 0 radical (unpaired) electrons. The molecule has 1 aromatic heterocycles. The van der Waals surface area contributed by atoms with Crippen LogP contribution < -0.4 is 0 Å². The number of carbonyl (C=O) groups excluding carboxylic acids is 1. The minimum Gasteiger partial charge on any atom is -0.349 e. The standard InChI is InChI=1S/C10H16ClN3O3S/c1-4-8-12-9(18(11,16)17)7-14(8)6-5-10(15)13(2)3/h7H,4-6H2,1-3H3. The van der Waals surface area contributed by atoms with Crippen LogP contribution in [0.1, 0.15) is 19.2 Å². The monoisotopic (exact) mass is 293 g/mol. The van der Waals surface area contributed by atoms with Gasteiger partial charge in [-0.1, -0.05) is 6.92 Å². The van der Waals surface area contributed by atoms with Crippen molar-refractivity contribution < 1.29 is 13.2 Å². The van der Waals surface area contributed by atoms with E-state index in [0.717, 1.165) is 0 Å². The number of hydrogen-bond donors (Lipinski definition) is 0. The number of aryl methyl sites for hydroxylation is 2. The van der Waals surface area contributed by atoms with Gasteiger partial charge in [0, 0.05) is 50.4 Å². The first-order valence-corrected chi connectivity index (χ1v) is 7.77. The molecule has 0 aliphatic carbocycles. The number of aromatic nitrogens is 2. The molecule has 0 spiro atoms. The molecule has 0 bridgehead atoms. The summed E-state index contributed by atoms with van der Waals surface area (Å²) in [4.78, 5) is 16.9. The maximum absolute atomic E-state index is 11.5. The van der Waals surface area contributed by atoms with E-state index in [-0.39, 0.29) is 17.4 Å². The van der Waals surface area contributed by atoms with Gasteiger partial charge in [-0.3, -0.25) is 4.79 Å². The molecule has 0 saturated heterocycles. The number of imidazole rings is 1. The van der Waals surface area contributed by atoms with Crippen molar-refractivity contribution in [3.8, 4) is 0 Å². The third-order valence-electron chi connectivity index (χ3n) is 2.47. The molecule has 0 unspecified atom stereocenters. The number of carbonyl (C=O) groups is 1. The van der Waals surface area contributed by atoms with Crippen molar-refractivity contribution >= 4 is 25.6 Å². The van der Waals surface area contributed by atoms with Crippen molar-refractivity contribution in [2.75, 3.05) is 14.1 Å². The molecule has 0 aliphatic heterocycles. The molecule has 1 rings (SSSR count). The Hall–Kier alpha value is -1.08. The Morgan fingerprint density at radius 3 is 2.56 bits per heavy atom. The lowest BCUT2D eigenvalue weighted by Gasteiger charge is -2.11. The van der Waals surface area contributed by atoms with E-state index in [0.29, 0.717) is 18.8 Å². The summed E-state index contributed by atoms with van der Waals surface area (Å²) < 4.78 is 24.0. The molecule has 1 aromatic rings. The van der Waals surface area contributed by atoms with Crippen molar-refractivity contribution in [1.29, 1.82) is 0 Å². The molecule has 0 saturated carbocycles. The summed E-state index contributed by atoms with van der Waals surface area (Å²) in [6, 6.07) is 0. The van der Waals surface area contributed by atoms with Crippen LogP contribution in [0.2, 0.25) is 0 Å². The van der Waals surface area contributed by atoms with Gasteiger partial charge in [0.15, 0.2) is 5.03 Å². The first-order chi connectivity index (χ1) is 8.25.